The second kappa shape index (κ2) is 5.82. The third-order valence-corrected chi connectivity index (χ3v) is 5.40. The first-order valence-electron chi connectivity index (χ1n) is 7.62. The molecule has 3 aromatic rings. The van der Waals surface area contributed by atoms with E-state index in [2.05, 4.69) is 10.2 Å². The molecular weight excluding hydrogens is 342 g/mol. The normalized spacial score (nSPS) is 16.4. The third kappa shape index (κ3) is 2.60. The minimum Gasteiger partial charge on any atom is -0.405 e. The average Bonchev–Trinajstić information content (AvgIpc) is 3.20. The number of carbonyl (C=O) groups is 1. The van der Waals surface area contributed by atoms with Gasteiger partial charge in [-0.3, -0.25) is 20.0 Å². The zero-order valence-electron chi connectivity index (χ0n) is 13.2. The smallest absolute Gasteiger partial charge is 0.313 e. The molecule has 0 aliphatic carbocycles. The van der Waals surface area contributed by atoms with E-state index < -0.39 is 4.92 Å². The van der Waals surface area contributed by atoms with E-state index >= 15 is 0 Å². The summed E-state index contributed by atoms with van der Waals surface area (Å²) in [5.41, 5.74) is 3.15. The van der Waals surface area contributed by atoms with E-state index in [1.54, 1.807) is 23.5 Å². The van der Waals surface area contributed by atoms with Crippen molar-refractivity contribution < 1.29 is 14.5 Å². The Kier molecular flexibility index (Phi) is 3.61. The Morgan fingerprint density at radius 3 is 2.96 bits per heavy atom. The molecule has 0 bridgehead atoms. The first kappa shape index (κ1) is 15.5. The Morgan fingerprint density at radius 1 is 1.40 bits per heavy atom. The second-order valence-electron chi connectivity index (χ2n) is 5.82. The molecule has 1 N–H and O–H groups in total. The number of hydrogen-bond donors (Lipinski definition) is 1. The van der Waals surface area contributed by atoms with Crippen LogP contribution in [0.3, 0.4) is 0 Å². The van der Waals surface area contributed by atoms with E-state index in [0.717, 1.165) is 16.0 Å². The van der Waals surface area contributed by atoms with Gasteiger partial charge in [0.05, 0.1) is 22.6 Å². The molecule has 0 fully saturated rings. The predicted molar refractivity (Wildman–Crippen MR) is 91.8 cm³/mol. The molecule has 1 aliphatic heterocycles. The Bertz CT molecular complexity index is 991. The molecule has 1 aromatic carbocycles. The van der Waals surface area contributed by atoms with Gasteiger partial charge in [0.2, 0.25) is 5.88 Å². The summed E-state index contributed by atoms with van der Waals surface area (Å²) in [6.45, 7) is 2.00. The molecule has 2 aromatic heterocycles. The number of carbonyl (C=O) groups excluding carboxylic acids is 1. The Labute approximate surface area is 146 Å². The minimum absolute atomic E-state index is 0.00231. The number of aryl methyl sites for hydroxylation is 1. The van der Waals surface area contributed by atoms with Gasteiger partial charge >= 0.3 is 5.97 Å². The van der Waals surface area contributed by atoms with E-state index in [1.165, 1.54) is 12.1 Å². The first-order valence-corrected chi connectivity index (χ1v) is 8.50. The number of ether oxygens (including phenoxy) is 1. The van der Waals surface area contributed by atoms with Crippen LogP contribution in [0.25, 0.3) is 11.3 Å². The maximum atomic E-state index is 12.0. The number of aromatic amines is 1. The molecule has 1 atom stereocenters. The van der Waals surface area contributed by atoms with Crippen molar-refractivity contribution >= 4 is 23.0 Å². The van der Waals surface area contributed by atoms with E-state index in [1.807, 2.05) is 18.4 Å². The highest BCUT2D eigenvalue weighted by atomic mass is 32.1. The van der Waals surface area contributed by atoms with Crippen LogP contribution in [-0.2, 0) is 4.79 Å². The van der Waals surface area contributed by atoms with Crippen LogP contribution in [0.4, 0.5) is 5.69 Å². The molecule has 0 saturated heterocycles. The number of fused-ring (bicyclic) bond motifs is 1. The summed E-state index contributed by atoms with van der Waals surface area (Å²) in [4.78, 5) is 23.7. The van der Waals surface area contributed by atoms with Crippen molar-refractivity contribution in [2.24, 2.45) is 0 Å². The van der Waals surface area contributed by atoms with Crippen LogP contribution in [0.1, 0.15) is 28.3 Å². The van der Waals surface area contributed by atoms with Gasteiger partial charge < -0.3 is 4.74 Å². The van der Waals surface area contributed by atoms with Gasteiger partial charge in [0.25, 0.3) is 5.69 Å². The highest BCUT2D eigenvalue weighted by Gasteiger charge is 2.35. The molecule has 25 heavy (non-hydrogen) atoms. The minimum atomic E-state index is -0.437. The SMILES string of the molecule is Cc1ccsc1[C@@H]1CC(=O)Oc2n[nH]c(-c3cccc([N+](=O)[O-])c3)c21. The number of aromatic nitrogens is 2. The lowest BCUT2D eigenvalue weighted by atomic mass is 9.89. The number of thiophene rings is 1. The Morgan fingerprint density at radius 2 is 2.24 bits per heavy atom. The molecule has 1 aliphatic rings. The average molecular weight is 355 g/mol. The van der Waals surface area contributed by atoms with Crippen molar-refractivity contribution in [2.45, 2.75) is 19.3 Å². The number of non-ortho nitro benzene ring substituents is 1. The van der Waals surface area contributed by atoms with Crippen LogP contribution in [0.2, 0.25) is 0 Å². The molecule has 3 heterocycles. The largest absolute Gasteiger partial charge is 0.405 e. The number of hydrogen-bond acceptors (Lipinski definition) is 6. The van der Waals surface area contributed by atoms with Gasteiger partial charge in [-0.2, -0.15) is 0 Å². The fraction of sp³-hybridized carbons (Fsp3) is 0.176. The number of benzene rings is 1. The summed E-state index contributed by atoms with van der Waals surface area (Å²) >= 11 is 1.58. The maximum Gasteiger partial charge on any atom is 0.313 e. The molecule has 4 rings (SSSR count). The molecule has 0 radical (unpaired) electrons. The third-order valence-electron chi connectivity index (χ3n) is 4.26. The molecule has 7 nitrogen and oxygen atoms in total. The zero-order chi connectivity index (χ0) is 17.6. The lowest BCUT2D eigenvalue weighted by Crippen LogP contribution is -2.20. The summed E-state index contributed by atoms with van der Waals surface area (Å²) in [6.07, 6.45) is 0.218. The number of nitro groups is 1. The number of nitrogens with one attached hydrogen (secondary N) is 1. The van der Waals surface area contributed by atoms with Gasteiger partial charge in [0.1, 0.15) is 0 Å². The summed E-state index contributed by atoms with van der Waals surface area (Å²) in [5.74, 6) is -0.262. The van der Waals surface area contributed by atoms with Crippen molar-refractivity contribution in [2.75, 3.05) is 0 Å². The van der Waals surface area contributed by atoms with Crippen molar-refractivity contribution in [3.63, 3.8) is 0 Å². The van der Waals surface area contributed by atoms with Gasteiger partial charge in [-0.15, -0.1) is 16.4 Å². The molecular formula is C17H13N3O4S. The monoisotopic (exact) mass is 355 g/mol. The van der Waals surface area contributed by atoms with Gasteiger partial charge in [-0.1, -0.05) is 12.1 Å². The zero-order valence-corrected chi connectivity index (χ0v) is 14.0. The topological polar surface area (TPSA) is 98.1 Å². The Balaban J connectivity index is 1.88. The molecule has 0 unspecified atom stereocenters. The molecule has 8 heteroatoms. The van der Waals surface area contributed by atoms with Gasteiger partial charge in [-0.05, 0) is 23.9 Å². The van der Waals surface area contributed by atoms with Crippen LogP contribution in [0.15, 0.2) is 35.7 Å². The summed E-state index contributed by atoms with van der Waals surface area (Å²) in [5, 5.41) is 20.0. The summed E-state index contributed by atoms with van der Waals surface area (Å²) < 4.78 is 5.27. The molecule has 126 valence electrons. The number of nitro benzene ring substituents is 1. The summed E-state index contributed by atoms with van der Waals surface area (Å²) in [6, 6.07) is 8.33. The van der Waals surface area contributed by atoms with E-state index in [9.17, 15) is 14.9 Å². The van der Waals surface area contributed by atoms with Crippen LogP contribution < -0.4 is 4.74 Å². The number of esters is 1. The van der Waals surface area contributed by atoms with Gasteiger partial charge in [0, 0.05) is 28.5 Å². The molecule has 0 saturated carbocycles. The molecule has 0 spiro atoms. The number of rotatable bonds is 3. The van der Waals surface area contributed by atoms with Crippen LogP contribution in [-0.4, -0.2) is 21.1 Å². The second-order valence-corrected chi connectivity index (χ2v) is 6.77. The molecule has 0 amide bonds. The standard InChI is InChI=1S/C17H13N3O4S/c1-9-5-6-25-16(9)12-8-13(21)24-17-14(12)15(18-19-17)10-3-2-4-11(7-10)20(22)23/h2-7,12H,8H2,1H3,(H,18,19)/t12-/m1/s1. The van der Waals surface area contributed by atoms with Crippen molar-refractivity contribution in [3.05, 3.63) is 61.8 Å². The predicted octanol–water partition coefficient (Wildman–Crippen LogP) is 3.80. The van der Waals surface area contributed by atoms with Crippen LogP contribution >= 0.6 is 11.3 Å². The van der Waals surface area contributed by atoms with E-state index in [4.69, 9.17) is 4.74 Å². The van der Waals surface area contributed by atoms with Crippen molar-refractivity contribution in [1.82, 2.24) is 10.2 Å². The fourth-order valence-electron chi connectivity index (χ4n) is 3.11. The summed E-state index contributed by atoms with van der Waals surface area (Å²) in [7, 11) is 0. The fourth-order valence-corrected chi connectivity index (χ4v) is 4.15. The van der Waals surface area contributed by atoms with Crippen LogP contribution in [0, 0.1) is 17.0 Å². The maximum absolute atomic E-state index is 12.0. The van der Waals surface area contributed by atoms with Crippen molar-refractivity contribution in [1.29, 1.82) is 0 Å². The number of nitrogens with zero attached hydrogens (tertiary/aromatic N) is 2. The highest BCUT2D eigenvalue weighted by Crippen LogP contribution is 2.45. The first-order chi connectivity index (χ1) is 12.0. The number of H-pyrrole nitrogens is 1. The lowest BCUT2D eigenvalue weighted by Gasteiger charge is -2.21. The van der Waals surface area contributed by atoms with Gasteiger partial charge in [-0.25, -0.2) is 0 Å². The Hall–Kier alpha value is -3.00. The van der Waals surface area contributed by atoms with E-state index in [-0.39, 0.29) is 29.9 Å². The lowest BCUT2D eigenvalue weighted by molar-refractivity contribution is -0.384. The van der Waals surface area contributed by atoms with E-state index in [0.29, 0.717) is 11.3 Å². The van der Waals surface area contributed by atoms with Gasteiger partial charge in [0.15, 0.2) is 0 Å². The van der Waals surface area contributed by atoms with Crippen molar-refractivity contribution in [3.8, 4) is 17.1 Å². The highest BCUT2D eigenvalue weighted by molar-refractivity contribution is 7.10. The van der Waals surface area contributed by atoms with Crippen LogP contribution in [0.5, 0.6) is 5.88 Å². The quantitative estimate of drug-likeness (QED) is 0.438.